The lowest BCUT2D eigenvalue weighted by Crippen LogP contribution is -2.33. The van der Waals surface area contributed by atoms with Gasteiger partial charge in [-0.25, -0.2) is 4.79 Å². The lowest BCUT2D eigenvalue weighted by atomic mass is 10.0. The summed E-state index contributed by atoms with van der Waals surface area (Å²) in [5.74, 6) is 0.125. The lowest BCUT2D eigenvalue weighted by Gasteiger charge is -2.17. The highest BCUT2D eigenvalue weighted by atomic mass is 16.3. The van der Waals surface area contributed by atoms with Crippen LogP contribution in [0.25, 0.3) is 0 Å². The Labute approximate surface area is 103 Å². The van der Waals surface area contributed by atoms with E-state index in [1.807, 2.05) is 0 Å². The van der Waals surface area contributed by atoms with Crippen LogP contribution in [0.2, 0.25) is 0 Å². The zero-order chi connectivity index (χ0) is 13.1. The van der Waals surface area contributed by atoms with Crippen LogP contribution < -0.4 is 11.2 Å². The van der Waals surface area contributed by atoms with Gasteiger partial charge in [-0.3, -0.25) is 14.3 Å². The maximum Gasteiger partial charge on any atom is 0.328 e. The van der Waals surface area contributed by atoms with Crippen molar-refractivity contribution in [2.24, 2.45) is 11.3 Å². The molecule has 2 saturated carbocycles. The van der Waals surface area contributed by atoms with E-state index in [0.717, 1.165) is 6.42 Å². The number of aliphatic hydroxyl groups is 2. The quantitative estimate of drug-likeness (QED) is 0.639. The molecule has 18 heavy (non-hydrogen) atoms. The third kappa shape index (κ3) is 1.36. The molecule has 98 valence electrons. The predicted molar refractivity (Wildman–Crippen MR) is 63.3 cm³/mol. The minimum absolute atomic E-state index is 0.0492. The summed E-state index contributed by atoms with van der Waals surface area (Å²) in [7, 11) is 0. The van der Waals surface area contributed by atoms with Crippen molar-refractivity contribution >= 4 is 0 Å². The first-order valence-corrected chi connectivity index (χ1v) is 6.10. The highest BCUT2D eigenvalue weighted by Crippen LogP contribution is 2.66. The van der Waals surface area contributed by atoms with Crippen molar-refractivity contribution in [2.75, 3.05) is 6.61 Å². The summed E-state index contributed by atoms with van der Waals surface area (Å²) in [4.78, 5) is 25.4. The predicted octanol–water partition coefficient (Wildman–Crippen LogP) is -0.851. The zero-order valence-electron chi connectivity index (χ0n) is 10.1. The topological polar surface area (TPSA) is 95.3 Å². The molecule has 6 heteroatoms. The van der Waals surface area contributed by atoms with E-state index in [1.165, 1.54) is 4.57 Å². The molecular weight excluding hydrogens is 236 g/mol. The molecule has 1 heterocycles. The molecule has 6 nitrogen and oxygen atoms in total. The van der Waals surface area contributed by atoms with Gasteiger partial charge >= 0.3 is 5.69 Å². The molecule has 0 bridgehead atoms. The van der Waals surface area contributed by atoms with Crippen LogP contribution >= 0.6 is 0 Å². The van der Waals surface area contributed by atoms with E-state index in [2.05, 4.69) is 4.98 Å². The van der Waals surface area contributed by atoms with Crippen LogP contribution in [-0.4, -0.2) is 32.5 Å². The van der Waals surface area contributed by atoms with Gasteiger partial charge in [0, 0.05) is 23.2 Å². The van der Waals surface area contributed by atoms with Crippen molar-refractivity contribution in [3.8, 4) is 0 Å². The maximum atomic E-state index is 11.8. The zero-order valence-corrected chi connectivity index (χ0v) is 10.1. The van der Waals surface area contributed by atoms with E-state index >= 15 is 0 Å². The van der Waals surface area contributed by atoms with Crippen LogP contribution in [0.1, 0.15) is 24.4 Å². The Morgan fingerprint density at radius 2 is 2.28 bits per heavy atom. The second-order valence-electron chi connectivity index (χ2n) is 5.50. The van der Waals surface area contributed by atoms with Crippen molar-refractivity contribution in [2.45, 2.75) is 31.9 Å². The number of fused-ring (bicyclic) bond motifs is 1. The molecule has 3 N–H and O–H groups in total. The molecule has 0 saturated heterocycles. The summed E-state index contributed by atoms with van der Waals surface area (Å²) in [5, 5.41) is 19.4. The second-order valence-corrected chi connectivity index (χ2v) is 5.50. The minimum atomic E-state index is -0.573. The monoisotopic (exact) mass is 252 g/mol. The smallest absolute Gasteiger partial charge is 0.328 e. The van der Waals surface area contributed by atoms with Crippen LogP contribution in [0, 0.1) is 18.3 Å². The molecule has 0 aromatic carbocycles. The molecule has 0 amide bonds. The van der Waals surface area contributed by atoms with Crippen LogP contribution in [0.15, 0.2) is 15.8 Å². The molecule has 2 aliphatic carbocycles. The Balaban J connectivity index is 2.02. The number of H-pyrrole nitrogens is 1. The summed E-state index contributed by atoms with van der Waals surface area (Å²) >= 11 is 0. The number of hydrogen-bond acceptors (Lipinski definition) is 4. The van der Waals surface area contributed by atoms with E-state index in [9.17, 15) is 19.8 Å². The molecule has 4 atom stereocenters. The Hall–Kier alpha value is -1.40. The first-order chi connectivity index (χ1) is 8.49. The number of hydrogen-bond donors (Lipinski definition) is 3. The van der Waals surface area contributed by atoms with Crippen molar-refractivity contribution in [1.29, 1.82) is 0 Å². The fraction of sp³-hybridized carbons (Fsp3) is 0.667. The van der Waals surface area contributed by atoms with Gasteiger partial charge in [0.25, 0.3) is 5.56 Å². The van der Waals surface area contributed by atoms with Crippen LogP contribution in [0.4, 0.5) is 0 Å². The normalized spacial score (nSPS) is 37.6. The highest BCUT2D eigenvalue weighted by molar-refractivity contribution is 5.17. The lowest BCUT2D eigenvalue weighted by molar-refractivity contribution is 0.0599. The van der Waals surface area contributed by atoms with Gasteiger partial charge in [0.2, 0.25) is 0 Å². The van der Waals surface area contributed by atoms with Crippen molar-refractivity contribution in [1.82, 2.24) is 9.55 Å². The van der Waals surface area contributed by atoms with Crippen LogP contribution in [-0.2, 0) is 0 Å². The number of aryl methyl sites for hydroxylation is 1. The number of nitrogens with zero attached hydrogens (tertiary/aromatic N) is 1. The Morgan fingerprint density at radius 1 is 1.56 bits per heavy atom. The molecule has 3 rings (SSSR count). The van der Waals surface area contributed by atoms with Gasteiger partial charge < -0.3 is 10.2 Å². The molecule has 1 aromatic heterocycles. The van der Waals surface area contributed by atoms with Gasteiger partial charge in [-0.05, 0) is 25.7 Å². The third-order valence-corrected chi connectivity index (χ3v) is 4.57. The molecule has 0 radical (unpaired) electrons. The molecule has 2 aliphatic rings. The van der Waals surface area contributed by atoms with Crippen LogP contribution in [0.3, 0.4) is 0 Å². The Kier molecular flexibility index (Phi) is 2.30. The summed E-state index contributed by atoms with van der Waals surface area (Å²) in [6.07, 6.45) is 2.16. The molecular formula is C12H16N2O4. The third-order valence-electron chi connectivity index (χ3n) is 4.57. The van der Waals surface area contributed by atoms with Gasteiger partial charge in [-0.1, -0.05) is 0 Å². The number of rotatable bonds is 2. The Morgan fingerprint density at radius 3 is 2.83 bits per heavy atom. The average molecular weight is 252 g/mol. The highest BCUT2D eigenvalue weighted by Gasteiger charge is 2.67. The second kappa shape index (κ2) is 3.55. The van der Waals surface area contributed by atoms with Gasteiger partial charge in [-0.15, -0.1) is 0 Å². The van der Waals surface area contributed by atoms with Crippen molar-refractivity contribution in [3.63, 3.8) is 0 Å². The number of aromatic nitrogens is 2. The number of nitrogens with one attached hydrogen (secondary N) is 1. The van der Waals surface area contributed by atoms with Crippen molar-refractivity contribution < 1.29 is 10.2 Å². The van der Waals surface area contributed by atoms with Crippen molar-refractivity contribution in [3.05, 3.63) is 32.6 Å². The van der Waals surface area contributed by atoms with E-state index < -0.39 is 17.2 Å². The Bertz CT molecular complexity index is 605. The standard InChI is InChI=1S/C12H16N2O4/c1-6-4-14(11(18)13-10(6)17)8-2-9(16)12(5-15)3-7(8)12/h4,7-9,15-16H,2-3,5H2,1H3,(H,13,17,18)/t7?,8-,9-,12-/m0/s1. The maximum absolute atomic E-state index is 11.8. The summed E-state index contributed by atoms with van der Waals surface area (Å²) in [5.41, 5.74) is -0.762. The van der Waals surface area contributed by atoms with E-state index in [-0.39, 0.29) is 24.1 Å². The van der Waals surface area contributed by atoms with Gasteiger partial charge in [0.15, 0.2) is 0 Å². The first-order valence-electron chi connectivity index (χ1n) is 6.10. The summed E-state index contributed by atoms with van der Waals surface area (Å²) in [6, 6.07) is -0.129. The van der Waals surface area contributed by atoms with E-state index in [4.69, 9.17) is 0 Å². The molecule has 0 aliphatic heterocycles. The molecule has 1 aromatic rings. The number of aromatic amines is 1. The summed E-state index contributed by atoms with van der Waals surface area (Å²) in [6.45, 7) is 1.60. The largest absolute Gasteiger partial charge is 0.396 e. The number of aliphatic hydroxyl groups excluding tert-OH is 2. The fourth-order valence-corrected chi connectivity index (χ4v) is 3.31. The van der Waals surface area contributed by atoms with Gasteiger partial charge in [-0.2, -0.15) is 0 Å². The van der Waals surface area contributed by atoms with E-state index in [0.29, 0.717) is 12.0 Å². The van der Waals surface area contributed by atoms with Gasteiger partial charge in [0.05, 0.1) is 12.7 Å². The van der Waals surface area contributed by atoms with Crippen LogP contribution in [0.5, 0.6) is 0 Å². The van der Waals surface area contributed by atoms with Gasteiger partial charge in [0.1, 0.15) is 0 Å². The SMILES string of the molecule is Cc1cn([C@H]2C[C@H](O)[C@]3(CO)CC23)c(=O)[nH]c1=O. The molecule has 0 spiro atoms. The molecule has 1 unspecified atom stereocenters. The minimum Gasteiger partial charge on any atom is -0.396 e. The first kappa shape index (κ1) is 11.7. The molecule has 2 fully saturated rings. The average Bonchev–Trinajstić information content (AvgIpc) is 3.01. The van der Waals surface area contributed by atoms with E-state index in [1.54, 1.807) is 13.1 Å². The summed E-state index contributed by atoms with van der Waals surface area (Å²) < 4.78 is 1.50. The fourth-order valence-electron chi connectivity index (χ4n) is 3.31.